The first kappa shape index (κ1) is 12.2. The van der Waals surface area contributed by atoms with E-state index < -0.39 is 0 Å². The number of ketones is 1. The summed E-state index contributed by atoms with van der Waals surface area (Å²) in [6.45, 7) is 0.664. The monoisotopic (exact) mass is 274 g/mol. The number of hydrogen-bond acceptors (Lipinski definition) is 2. The number of carbonyl (C=O) groups is 1. The van der Waals surface area contributed by atoms with Crippen LogP contribution < -0.4 is 4.74 Å². The van der Waals surface area contributed by atoms with Gasteiger partial charge in [0.25, 0.3) is 0 Å². The van der Waals surface area contributed by atoms with Gasteiger partial charge in [0.1, 0.15) is 5.75 Å². The molecule has 0 unspecified atom stereocenters. The van der Waals surface area contributed by atoms with Crippen molar-refractivity contribution in [3.05, 3.63) is 77.4 Å². The maximum absolute atomic E-state index is 12.8. The van der Waals surface area contributed by atoms with Crippen molar-refractivity contribution in [2.24, 2.45) is 0 Å². The second-order valence-electron chi connectivity index (χ2n) is 5.28. The van der Waals surface area contributed by atoms with Gasteiger partial charge in [-0.2, -0.15) is 0 Å². The molecule has 21 heavy (non-hydrogen) atoms. The SMILES string of the molecule is O=C(c1ccc2ccccc2c1)c1cccc2c1OCC2. The van der Waals surface area contributed by atoms with E-state index in [-0.39, 0.29) is 5.78 Å². The first-order chi connectivity index (χ1) is 10.3. The molecule has 1 heterocycles. The Morgan fingerprint density at radius 2 is 1.76 bits per heavy atom. The molecule has 0 aliphatic carbocycles. The number of carbonyl (C=O) groups excluding carboxylic acids is 1. The topological polar surface area (TPSA) is 26.3 Å². The van der Waals surface area contributed by atoms with Gasteiger partial charge in [0.05, 0.1) is 12.2 Å². The molecule has 0 atom stereocenters. The molecule has 0 saturated heterocycles. The van der Waals surface area contributed by atoms with Gasteiger partial charge >= 0.3 is 0 Å². The minimum absolute atomic E-state index is 0.0273. The first-order valence-electron chi connectivity index (χ1n) is 7.11. The Bertz CT molecular complexity index is 849. The van der Waals surface area contributed by atoms with Crippen LogP contribution in [0.5, 0.6) is 5.75 Å². The summed E-state index contributed by atoms with van der Waals surface area (Å²) in [6.07, 6.45) is 0.883. The standard InChI is InChI=1S/C19H14O2/c20-18(17-7-3-6-14-10-11-21-19(14)17)16-9-8-13-4-1-2-5-15(13)12-16/h1-9,12H,10-11H2. The lowest BCUT2D eigenvalue weighted by molar-refractivity contribution is 0.103. The molecule has 0 aromatic heterocycles. The summed E-state index contributed by atoms with van der Waals surface area (Å²) in [5.41, 5.74) is 2.50. The van der Waals surface area contributed by atoms with Crippen LogP contribution in [0, 0.1) is 0 Å². The van der Waals surface area contributed by atoms with E-state index in [1.54, 1.807) is 0 Å². The van der Waals surface area contributed by atoms with E-state index in [9.17, 15) is 4.79 Å². The highest BCUT2D eigenvalue weighted by Crippen LogP contribution is 2.31. The highest BCUT2D eigenvalue weighted by Gasteiger charge is 2.21. The molecule has 1 aliphatic heterocycles. The van der Waals surface area contributed by atoms with Crippen molar-refractivity contribution >= 4 is 16.6 Å². The van der Waals surface area contributed by atoms with E-state index in [2.05, 4.69) is 0 Å². The zero-order chi connectivity index (χ0) is 14.2. The average Bonchev–Trinajstić information content (AvgIpc) is 3.02. The van der Waals surface area contributed by atoms with E-state index in [1.165, 1.54) is 0 Å². The van der Waals surface area contributed by atoms with Crippen LogP contribution in [0.1, 0.15) is 21.5 Å². The second-order valence-corrected chi connectivity index (χ2v) is 5.28. The van der Waals surface area contributed by atoms with Crippen molar-refractivity contribution in [2.45, 2.75) is 6.42 Å². The van der Waals surface area contributed by atoms with E-state index in [4.69, 9.17) is 4.74 Å². The van der Waals surface area contributed by atoms with Crippen LogP contribution in [-0.4, -0.2) is 12.4 Å². The molecule has 3 aromatic carbocycles. The fourth-order valence-corrected chi connectivity index (χ4v) is 2.88. The number of benzene rings is 3. The molecular formula is C19H14O2. The fourth-order valence-electron chi connectivity index (χ4n) is 2.88. The molecule has 2 nitrogen and oxygen atoms in total. The Labute approximate surface area is 123 Å². The van der Waals surface area contributed by atoms with Crippen LogP contribution >= 0.6 is 0 Å². The molecule has 102 valence electrons. The molecule has 2 heteroatoms. The number of ether oxygens (including phenoxy) is 1. The third-order valence-electron chi connectivity index (χ3n) is 3.97. The van der Waals surface area contributed by atoms with Crippen LogP contribution in [0.3, 0.4) is 0 Å². The summed E-state index contributed by atoms with van der Waals surface area (Å²) in [6, 6.07) is 19.7. The van der Waals surface area contributed by atoms with Gasteiger partial charge in [-0.15, -0.1) is 0 Å². The highest BCUT2D eigenvalue weighted by atomic mass is 16.5. The van der Waals surface area contributed by atoms with Gasteiger partial charge < -0.3 is 4.74 Å². The lowest BCUT2D eigenvalue weighted by Gasteiger charge is -2.08. The number of para-hydroxylation sites is 1. The predicted molar refractivity (Wildman–Crippen MR) is 83.0 cm³/mol. The van der Waals surface area contributed by atoms with Gasteiger partial charge in [0.15, 0.2) is 5.78 Å². The largest absolute Gasteiger partial charge is 0.492 e. The van der Waals surface area contributed by atoms with Crippen LogP contribution in [0.25, 0.3) is 10.8 Å². The zero-order valence-corrected chi connectivity index (χ0v) is 11.5. The lowest BCUT2D eigenvalue weighted by atomic mass is 9.98. The Kier molecular flexibility index (Phi) is 2.74. The molecule has 0 radical (unpaired) electrons. The van der Waals surface area contributed by atoms with Gasteiger partial charge in [0.2, 0.25) is 0 Å². The van der Waals surface area contributed by atoms with Crippen LogP contribution in [-0.2, 0) is 6.42 Å². The van der Waals surface area contributed by atoms with Crippen molar-refractivity contribution in [1.82, 2.24) is 0 Å². The maximum atomic E-state index is 12.8. The Morgan fingerprint density at radius 3 is 2.67 bits per heavy atom. The molecule has 0 fully saturated rings. The van der Waals surface area contributed by atoms with Gasteiger partial charge in [-0.05, 0) is 28.5 Å². The minimum Gasteiger partial charge on any atom is -0.492 e. The fraction of sp³-hybridized carbons (Fsp3) is 0.105. The normalized spacial score (nSPS) is 13.0. The van der Waals surface area contributed by atoms with E-state index in [0.717, 1.165) is 28.5 Å². The molecule has 0 spiro atoms. The van der Waals surface area contributed by atoms with Gasteiger partial charge in [-0.25, -0.2) is 0 Å². The van der Waals surface area contributed by atoms with Gasteiger partial charge in [0, 0.05) is 12.0 Å². The molecule has 1 aliphatic rings. The highest BCUT2D eigenvalue weighted by molar-refractivity contribution is 6.12. The van der Waals surface area contributed by atoms with Crippen molar-refractivity contribution in [3.8, 4) is 5.75 Å². The number of rotatable bonds is 2. The molecular weight excluding hydrogens is 260 g/mol. The van der Waals surface area contributed by atoms with E-state index in [1.807, 2.05) is 60.7 Å². The summed E-state index contributed by atoms with van der Waals surface area (Å²) < 4.78 is 5.64. The Morgan fingerprint density at radius 1 is 0.905 bits per heavy atom. The third-order valence-corrected chi connectivity index (χ3v) is 3.97. The van der Waals surface area contributed by atoms with Crippen molar-refractivity contribution < 1.29 is 9.53 Å². The lowest BCUT2D eigenvalue weighted by Crippen LogP contribution is -2.03. The second kappa shape index (κ2) is 4.74. The zero-order valence-electron chi connectivity index (χ0n) is 11.5. The van der Waals surface area contributed by atoms with Crippen molar-refractivity contribution in [3.63, 3.8) is 0 Å². The van der Waals surface area contributed by atoms with Crippen molar-refractivity contribution in [1.29, 1.82) is 0 Å². The average molecular weight is 274 g/mol. The van der Waals surface area contributed by atoms with Crippen LogP contribution in [0.4, 0.5) is 0 Å². The van der Waals surface area contributed by atoms with E-state index >= 15 is 0 Å². The number of fused-ring (bicyclic) bond motifs is 2. The van der Waals surface area contributed by atoms with Crippen molar-refractivity contribution in [2.75, 3.05) is 6.61 Å². The summed E-state index contributed by atoms with van der Waals surface area (Å²) in [5, 5.41) is 2.22. The van der Waals surface area contributed by atoms with Crippen LogP contribution in [0.15, 0.2) is 60.7 Å². The summed E-state index contributed by atoms with van der Waals surface area (Å²) in [4.78, 5) is 12.8. The molecule has 0 bridgehead atoms. The first-order valence-corrected chi connectivity index (χ1v) is 7.11. The summed E-state index contributed by atoms with van der Waals surface area (Å²) in [5.74, 6) is 0.787. The summed E-state index contributed by atoms with van der Waals surface area (Å²) >= 11 is 0. The Balaban J connectivity index is 1.82. The third kappa shape index (κ3) is 2.00. The summed E-state index contributed by atoms with van der Waals surface area (Å²) in [7, 11) is 0. The Hall–Kier alpha value is -2.61. The maximum Gasteiger partial charge on any atom is 0.196 e. The quantitative estimate of drug-likeness (QED) is 0.660. The van der Waals surface area contributed by atoms with Crippen LogP contribution in [0.2, 0.25) is 0 Å². The minimum atomic E-state index is 0.0273. The molecule has 0 amide bonds. The number of hydrogen-bond donors (Lipinski definition) is 0. The molecule has 4 rings (SSSR count). The van der Waals surface area contributed by atoms with E-state index in [0.29, 0.717) is 17.7 Å². The smallest absolute Gasteiger partial charge is 0.196 e. The van der Waals surface area contributed by atoms with Gasteiger partial charge in [-0.3, -0.25) is 4.79 Å². The molecule has 0 N–H and O–H groups in total. The molecule has 3 aromatic rings. The predicted octanol–water partition coefficient (Wildman–Crippen LogP) is 4.01. The van der Waals surface area contributed by atoms with Gasteiger partial charge in [-0.1, -0.05) is 48.5 Å². The molecule has 0 saturated carbocycles.